The molecular formula is C22H23ClFN3O3S. The summed E-state index contributed by atoms with van der Waals surface area (Å²) in [6.07, 6.45) is 1.24. The van der Waals surface area contributed by atoms with Gasteiger partial charge in [0.2, 0.25) is 11.8 Å². The number of carbonyl (C=O) groups excluding carboxylic acids is 3. The molecule has 1 fully saturated rings. The predicted octanol–water partition coefficient (Wildman–Crippen LogP) is 3.19. The van der Waals surface area contributed by atoms with Crippen molar-refractivity contribution in [2.45, 2.75) is 25.8 Å². The van der Waals surface area contributed by atoms with Gasteiger partial charge in [0.1, 0.15) is 5.82 Å². The number of thiophene rings is 1. The smallest absolute Gasteiger partial charge is 0.255 e. The van der Waals surface area contributed by atoms with Gasteiger partial charge in [-0.25, -0.2) is 4.39 Å². The monoisotopic (exact) mass is 463 g/mol. The van der Waals surface area contributed by atoms with Gasteiger partial charge in [0.05, 0.1) is 10.6 Å². The van der Waals surface area contributed by atoms with Crippen molar-refractivity contribution in [2.24, 2.45) is 0 Å². The van der Waals surface area contributed by atoms with Crippen LogP contribution in [0.1, 0.15) is 33.6 Å². The van der Waals surface area contributed by atoms with E-state index in [1.165, 1.54) is 22.6 Å². The Morgan fingerprint density at radius 1 is 0.935 bits per heavy atom. The molecule has 3 amide bonds. The van der Waals surface area contributed by atoms with Gasteiger partial charge in [0, 0.05) is 57.0 Å². The maximum atomic E-state index is 13.2. The first kappa shape index (κ1) is 21.8. The van der Waals surface area contributed by atoms with Crippen LogP contribution in [0.4, 0.5) is 4.39 Å². The molecule has 9 heteroatoms. The number of piperazine rings is 1. The molecule has 3 heterocycles. The summed E-state index contributed by atoms with van der Waals surface area (Å²) in [7, 11) is 0. The highest BCUT2D eigenvalue weighted by Crippen LogP contribution is 2.24. The SMILES string of the molecule is O=C(CCC(=O)N1CCc2sccc2C1)N1CCN(C(=O)c2ccc(F)cc2Cl)CC1. The number of halogens is 2. The van der Waals surface area contributed by atoms with Gasteiger partial charge in [-0.1, -0.05) is 11.6 Å². The zero-order valence-electron chi connectivity index (χ0n) is 17.0. The quantitative estimate of drug-likeness (QED) is 0.699. The highest BCUT2D eigenvalue weighted by Gasteiger charge is 2.27. The fourth-order valence-electron chi connectivity index (χ4n) is 3.98. The Hall–Kier alpha value is -2.45. The standard InChI is InChI=1S/C22H23ClFN3O3S/c23-18-13-16(24)1-2-17(18)22(30)26-10-8-25(9-11-26)20(28)3-4-21(29)27-7-5-19-15(14-27)6-12-31-19/h1-2,6,12-13H,3-5,7-11,14H2. The van der Waals surface area contributed by atoms with Gasteiger partial charge in [0.25, 0.3) is 5.91 Å². The fraction of sp³-hybridized carbons (Fsp3) is 0.409. The molecule has 0 aliphatic carbocycles. The minimum absolute atomic E-state index is 0.00460. The van der Waals surface area contributed by atoms with Crippen LogP contribution in [0.2, 0.25) is 5.02 Å². The van der Waals surface area contributed by atoms with Crippen LogP contribution in [0, 0.1) is 5.82 Å². The number of fused-ring (bicyclic) bond motifs is 1. The van der Waals surface area contributed by atoms with Crippen molar-refractivity contribution in [1.29, 1.82) is 0 Å². The molecule has 2 aliphatic heterocycles. The highest BCUT2D eigenvalue weighted by molar-refractivity contribution is 7.10. The number of carbonyl (C=O) groups is 3. The third kappa shape index (κ3) is 4.91. The summed E-state index contributed by atoms with van der Waals surface area (Å²) in [5, 5.41) is 2.13. The van der Waals surface area contributed by atoms with Crippen molar-refractivity contribution < 1.29 is 18.8 Å². The second-order valence-corrected chi connectivity index (χ2v) is 9.14. The lowest BCUT2D eigenvalue weighted by molar-refractivity contribution is -0.138. The van der Waals surface area contributed by atoms with Gasteiger partial charge < -0.3 is 14.7 Å². The van der Waals surface area contributed by atoms with E-state index in [9.17, 15) is 18.8 Å². The molecule has 0 spiro atoms. The topological polar surface area (TPSA) is 60.9 Å². The zero-order chi connectivity index (χ0) is 22.0. The number of benzene rings is 1. The molecule has 1 saturated heterocycles. The minimum Gasteiger partial charge on any atom is -0.339 e. The number of amides is 3. The van der Waals surface area contributed by atoms with Crippen molar-refractivity contribution in [2.75, 3.05) is 32.7 Å². The molecule has 164 valence electrons. The molecule has 0 atom stereocenters. The fourth-order valence-corrected chi connectivity index (χ4v) is 5.12. The maximum Gasteiger partial charge on any atom is 0.255 e. The second kappa shape index (κ2) is 9.36. The molecule has 2 aromatic rings. The molecule has 0 N–H and O–H groups in total. The molecule has 31 heavy (non-hydrogen) atoms. The molecule has 4 rings (SSSR count). The van der Waals surface area contributed by atoms with Crippen molar-refractivity contribution in [1.82, 2.24) is 14.7 Å². The van der Waals surface area contributed by atoms with E-state index >= 15 is 0 Å². The largest absolute Gasteiger partial charge is 0.339 e. The van der Waals surface area contributed by atoms with Gasteiger partial charge in [-0.15, -0.1) is 11.3 Å². The van der Waals surface area contributed by atoms with Crippen LogP contribution in [0.3, 0.4) is 0 Å². The van der Waals surface area contributed by atoms with Gasteiger partial charge in [-0.3, -0.25) is 14.4 Å². The van der Waals surface area contributed by atoms with Crippen LogP contribution < -0.4 is 0 Å². The average Bonchev–Trinajstić information content (AvgIpc) is 3.25. The summed E-state index contributed by atoms with van der Waals surface area (Å²) in [5.74, 6) is -0.838. The number of hydrogen-bond acceptors (Lipinski definition) is 4. The first-order valence-electron chi connectivity index (χ1n) is 10.3. The van der Waals surface area contributed by atoms with Crippen LogP contribution in [0.25, 0.3) is 0 Å². The van der Waals surface area contributed by atoms with E-state index in [0.717, 1.165) is 12.5 Å². The predicted molar refractivity (Wildman–Crippen MR) is 117 cm³/mol. The Kier molecular flexibility index (Phi) is 6.57. The first-order valence-corrected chi connectivity index (χ1v) is 11.5. The van der Waals surface area contributed by atoms with E-state index in [0.29, 0.717) is 39.3 Å². The molecule has 1 aromatic heterocycles. The molecule has 0 radical (unpaired) electrons. The van der Waals surface area contributed by atoms with Crippen LogP contribution in [0.15, 0.2) is 29.6 Å². The minimum atomic E-state index is -0.494. The third-order valence-electron chi connectivity index (χ3n) is 5.79. The van der Waals surface area contributed by atoms with E-state index in [4.69, 9.17) is 11.6 Å². The summed E-state index contributed by atoms with van der Waals surface area (Å²) < 4.78 is 13.2. The zero-order valence-corrected chi connectivity index (χ0v) is 18.6. The van der Waals surface area contributed by atoms with E-state index in [2.05, 4.69) is 11.4 Å². The number of rotatable bonds is 4. The second-order valence-electron chi connectivity index (χ2n) is 7.73. The molecule has 2 aliphatic rings. The lowest BCUT2D eigenvalue weighted by atomic mass is 10.1. The molecule has 6 nitrogen and oxygen atoms in total. The Balaban J connectivity index is 1.24. The van der Waals surface area contributed by atoms with Crippen molar-refractivity contribution >= 4 is 40.7 Å². The van der Waals surface area contributed by atoms with E-state index in [-0.39, 0.29) is 41.1 Å². The van der Waals surface area contributed by atoms with E-state index in [1.807, 2.05) is 4.90 Å². The summed E-state index contributed by atoms with van der Waals surface area (Å²) in [6, 6.07) is 5.76. The van der Waals surface area contributed by atoms with Gasteiger partial charge in [0.15, 0.2) is 0 Å². The van der Waals surface area contributed by atoms with Gasteiger partial charge >= 0.3 is 0 Å². The van der Waals surface area contributed by atoms with Crippen LogP contribution in [-0.4, -0.2) is 65.1 Å². The maximum absolute atomic E-state index is 13.2. The molecular weight excluding hydrogens is 441 g/mol. The molecule has 1 aromatic carbocycles. The summed E-state index contributed by atoms with van der Waals surface area (Å²) in [6.45, 7) is 2.88. The Morgan fingerprint density at radius 2 is 1.61 bits per heavy atom. The van der Waals surface area contributed by atoms with Crippen molar-refractivity contribution in [3.8, 4) is 0 Å². The lowest BCUT2D eigenvalue weighted by Crippen LogP contribution is -2.50. The molecule has 0 unspecified atom stereocenters. The summed E-state index contributed by atoms with van der Waals surface area (Å²) in [4.78, 5) is 44.2. The van der Waals surface area contributed by atoms with E-state index in [1.54, 1.807) is 21.1 Å². The molecule has 0 saturated carbocycles. The van der Waals surface area contributed by atoms with E-state index < -0.39 is 5.82 Å². The van der Waals surface area contributed by atoms with Crippen LogP contribution in [-0.2, 0) is 22.6 Å². The number of hydrogen-bond donors (Lipinski definition) is 0. The van der Waals surface area contributed by atoms with Gasteiger partial charge in [-0.2, -0.15) is 0 Å². The van der Waals surface area contributed by atoms with Crippen LogP contribution in [0.5, 0.6) is 0 Å². The first-order chi connectivity index (χ1) is 14.9. The highest BCUT2D eigenvalue weighted by atomic mass is 35.5. The Bertz CT molecular complexity index is 1000. The van der Waals surface area contributed by atoms with Crippen LogP contribution >= 0.6 is 22.9 Å². The van der Waals surface area contributed by atoms with Gasteiger partial charge in [-0.05, 0) is 41.6 Å². The average molecular weight is 464 g/mol. The Labute approximate surface area is 189 Å². The Morgan fingerprint density at radius 3 is 2.32 bits per heavy atom. The normalized spacial score (nSPS) is 16.3. The lowest BCUT2D eigenvalue weighted by Gasteiger charge is -2.35. The van der Waals surface area contributed by atoms with Crippen molar-refractivity contribution in [3.63, 3.8) is 0 Å². The molecule has 0 bridgehead atoms. The number of nitrogens with zero attached hydrogens (tertiary/aromatic N) is 3. The summed E-state index contributed by atoms with van der Waals surface area (Å²) >= 11 is 7.72. The van der Waals surface area contributed by atoms with Crippen molar-refractivity contribution in [3.05, 3.63) is 56.5 Å². The third-order valence-corrected chi connectivity index (χ3v) is 7.13. The summed E-state index contributed by atoms with van der Waals surface area (Å²) in [5.41, 5.74) is 1.46.